The SMILES string of the molecule is N#C/C(=C\c1ccc(C(F)(F)F)cc1)C(=O)NC1CCCCC1. The zero-order chi connectivity index (χ0) is 16.9. The minimum atomic E-state index is -4.40. The second kappa shape index (κ2) is 7.32. The first-order chi connectivity index (χ1) is 10.9. The molecule has 0 atom stereocenters. The first-order valence-corrected chi connectivity index (χ1v) is 7.50. The number of carbonyl (C=O) groups excluding carboxylic acids is 1. The molecule has 1 aromatic rings. The number of hydrogen-bond donors (Lipinski definition) is 1. The standard InChI is InChI=1S/C17H17F3N2O/c18-17(19,20)14-8-6-12(7-9-14)10-13(11-21)16(23)22-15-4-2-1-3-5-15/h6-10,15H,1-5H2,(H,22,23)/b13-10+. The molecule has 0 bridgehead atoms. The highest BCUT2D eigenvalue weighted by atomic mass is 19.4. The topological polar surface area (TPSA) is 52.9 Å². The van der Waals surface area contributed by atoms with Crippen molar-refractivity contribution in [2.45, 2.75) is 44.3 Å². The van der Waals surface area contributed by atoms with Crippen molar-refractivity contribution in [2.75, 3.05) is 0 Å². The third-order valence-electron chi connectivity index (χ3n) is 3.85. The van der Waals surface area contributed by atoms with Crippen LogP contribution < -0.4 is 5.32 Å². The van der Waals surface area contributed by atoms with Gasteiger partial charge in [0.05, 0.1) is 5.56 Å². The van der Waals surface area contributed by atoms with Gasteiger partial charge in [0, 0.05) is 6.04 Å². The van der Waals surface area contributed by atoms with Crippen molar-refractivity contribution in [3.05, 3.63) is 41.0 Å². The van der Waals surface area contributed by atoms with Gasteiger partial charge >= 0.3 is 6.18 Å². The lowest BCUT2D eigenvalue weighted by Gasteiger charge is -2.22. The highest BCUT2D eigenvalue weighted by Crippen LogP contribution is 2.29. The van der Waals surface area contributed by atoms with E-state index in [1.165, 1.54) is 18.2 Å². The van der Waals surface area contributed by atoms with E-state index in [0.29, 0.717) is 5.56 Å². The van der Waals surface area contributed by atoms with Gasteiger partial charge < -0.3 is 5.32 Å². The summed E-state index contributed by atoms with van der Waals surface area (Å²) < 4.78 is 37.5. The highest BCUT2D eigenvalue weighted by molar-refractivity contribution is 6.01. The lowest BCUT2D eigenvalue weighted by Crippen LogP contribution is -2.36. The molecule has 1 amide bonds. The molecule has 1 aromatic carbocycles. The van der Waals surface area contributed by atoms with Gasteiger partial charge in [-0.15, -0.1) is 0 Å². The number of benzene rings is 1. The molecule has 2 rings (SSSR count). The number of halogens is 3. The fourth-order valence-corrected chi connectivity index (χ4v) is 2.59. The zero-order valence-electron chi connectivity index (χ0n) is 12.5. The van der Waals surface area contributed by atoms with Gasteiger partial charge in [-0.2, -0.15) is 18.4 Å². The van der Waals surface area contributed by atoms with Crippen LogP contribution in [0.2, 0.25) is 0 Å². The van der Waals surface area contributed by atoms with Crippen LogP contribution in [0.4, 0.5) is 13.2 Å². The van der Waals surface area contributed by atoms with E-state index in [9.17, 15) is 18.0 Å². The Morgan fingerprint density at radius 3 is 2.30 bits per heavy atom. The summed E-state index contributed by atoms with van der Waals surface area (Å²) in [5.74, 6) is -0.473. The number of nitrogens with zero attached hydrogens (tertiary/aromatic N) is 1. The van der Waals surface area contributed by atoms with Gasteiger partial charge in [-0.05, 0) is 36.6 Å². The molecule has 1 saturated carbocycles. The molecular formula is C17H17F3N2O. The van der Waals surface area contributed by atoms with Gasteiger partial charge in [0.2, 0.25) is 0 Å². The van der Waals surface area contributed by atoms with Crippen molar-refractivity contribution in [1.82, 2.24) is 5.32 Å². The monoisotopic (exact) mass is 322 g/mol. The van der Waals surface area contributed by atoms with E-state index in [2.05, 4.69) is 5.32 Å². The summed E-state index contributed by atoms with van der Waals surface area (Å²) in [4.78, 5) is 12.1. The van der Waals surface area contributed by atoms with E-state index < -0.39 is 17.6 Å². The average molecular weight is 322 g/mol. The quantitative estimate of drug-likeness (QED) is 0.674. The Hall–Kier alpha value is -2.29. The van der Waals surface area contributed by atoms with E-state index in [0.717, 1.165) is 44.2 Å². The molecule has 0 spiro atoms. The van der Waals surface area contributed by atoms with Crippen molar-refractivity contribution in [2.24, 2.45) is 0 Å². The Balaban J connectivity index is 2.08. The highest BCUT2D eigenvalue weighted by Gasteiger charge is 2.29. The lowest BCUT2D eigenvalue weighted by molar-refractivity contribution is -0.137. The van der Waals surface area contributed by atoms with Gasteiger partial charge in [0.15, 0.2) is 0 Å². The Kier molecular flexibility index (Phi) is 5.43. The molecule has 0 saturated heterocycles. The van der Waals surface area contributed by atoms with Gasteiger partial charge in [-0.1, -0.05) is 31.4 Å². The molecule has 0 unspecified atom stereocenters. The van der Waals surface area contributed by atoms with Crippen molar-refractivity contribution in [3.63, 3.8) is 0 Å². The van der Waals surface area contributed by atoms with Gasteiger partial charge in [-0.3, -0.25) is 4.79 Å². The van der Waals surface area contributed by atoms with Crippen LogP contribution in [-0.2, 0) is 11.0 Å². The molecule has 0 heterocycles. The largest absolute Gasteiger partial charge is 0.416 e. The molecule has 1 fully saturated rings. The maximum atomic E-state index is 12.5. The second-order valence-corrected chi connectivity index (χ2v) is 5.60. The van der Waals surface area contributed by atoms with Crippen molar-refractivity contribution >= 4 is 12.0 Å². The van der Waals surface area contributed by atoms with Crippen LogP contribution in [0.3, 0.4) is 0 Å². The van der Waals surface area contributed by atoms with Crippen molar-refractivity contribution in [3.8, 4) is 6.07 Å². The molecule has 23 heavy (non-hydrogen) atoms. The lowest BCUT2D eigenvalue weighted by atomic mass is 9.95. The number of alkyl halides is 3. The minimum Gasteiger partial charge on any atom is -0.349 e. The van der Waals surface area contributed by atoms with Crippen LogP contribution in [0.1, 0.15) is 43.2 Å². The van der Waals surface area contributed by atoms with Crippen LogP contribution in [0.15, 0.2) is 29.8 Å². The van der Waals surface area contributed by atoms with Crippen LogP contribution in [-0.4, -0.2) is 11.9 Å². The maximum Gasteiger partial charge on any atom is 0.416 e. The van der Waals surface area contributed by atoms with Crippen LogP contribution in [0, 0.1) is 11.3 Å². The van der Waals surface area contributed by atoms with E-state index in [-0.39, 0.29) is 11.6 Å². The Morgan fingerprint density at radius 2 is 1.78 bits per heavy atom. The molecular weight excluding hydrogens is 305 g/mol. The Morgan fingerprint density at radius 1 is 1.17 bits per heavy atom. The molecule has 0 radical (unpaired) electrons. The minimum absolute atomic E-state index is 0.0700. The Bertz CT molecular complexity index is 621. The molecule has 122 valence electrons. The molecule has 3 nitrogen and oxygen atoms in total. The van der Waals surface area contributed by atoms with E-state index >= 15 is 0 Å². The number of hydrogen-bond acceptors (Lipinski definition) is 2. The molecule has 0 aromatic heterocycles. The fraction of sp³-hybridized carbons (Fsp3) is 0.412. The van der Waals surface area contributed by atoms with E-state index in [4.69, 9.17) is 5.26 Å². The fourth-order valence-electron chi connectivity index (χ4n) is 2.59. The number of nitriles is 1. The predicted octanol–water partition coefficient (Wildman–Crippen LogP) is 4.06. The summed E-state index contributed by atoms with van der Waals surface area (Å²) in [6, 6.07) is 6.23. The summed E-state index contributed by atoms with van der Waals surface area (Å²) in [5, 5.41) is 11.9. The third-order valence-corrected chi connectivity index (χ3v) is 3.85. The smallest absolute Gasteiger partial charge is 0.349 e. The summed E-state index contributed by atoms with van der Waals surface area (Å²) in [7, 11) is 0. The zero-order valence-corrected chi connectivity index (χ0v) is 12.5. The summed E-state index contributed by atoms with van der Waals surface area (Å²) >= 11 is 0. The average Bonchev–Trinajstić information content (AvgIpc) is 2.53. The summed E-state index contributed by atoms with van der Waals surface area (Å²) in [6.45, 7) is 0. The number of carbonyl (C=O) groups is 1. The van der Waals surface area contributed by atoms with Crippen molar-refractivity contribution in [1.29, 1.82) is 5.26 Å². The number of nitrogens with one attached hydrogen (secondary N) is 1. The van der Waals surface area contributed by atoms with Gasteiger partial charge in [0.1, 0.15) is 11.6 Å². The molecule has 1 aliphatic rings. The number of amides is 1. The van der Waals surface area contributed by atoms with Gasteiger partial charge in [0.25, 0.3) is 5.91 Å². The van der Waals surface area contributed by atoms with Gasteiger partial charge in [-0.25, -0.2) is 0 Å². The van der Waals surface area contributed by atoms with Crippen molar-refractivity contribution < 1.29 is 18.0 Å². The first-order valence-electron chi connectivity index (χ1n) is 7.50. The van der Waals surface area contributed by atoms with E-state index in [1.807, 2.05) is 6.07 Å². The Labute approximate surface area is 132 Å². The molecule has 1 aliphatic carbocycles. The maximum absolute atomic E-state index is 12.5. The van der Waals surface area contributed by atoms with Crippen LogP contribution in [0.25, 0.3) is 6.08 Å². The number of rotatable bonds is 3. The predicted molar refractivity (Wildman–Crippen MR) is 80.0 cm³/mol. The summed E-state index contributed by atoms with van der Waals surface area (Å²) in [6.07, 6.45) is 1.94. The van der Waals surface area contributed by atoms with Crippen LogP contribution >= 0.6 is 0 Å². The van der Waals surface area contributed by atoms with Crippen LogP contribution in [0.5, 0.6) is 0 Å². The molecule has 1 N–H and O–H groups in total. The normalized spacial score (nSPS) is 16.7. The second-order valence-electron chi connectivity index (χ2n) is 5.60. The molecule has 0 aliphatic heterocycles. The van der Waals surface area contributed by atoms with E-state index in [1.54, 1.807) is 0 Å². The molecule has 6 heteroatoms. The summed E-state index contributed by atoms with van der Waals surface area (Å²) in [5.41, 5.74) is -0.483. The first kappa shape index (κ1) is 17.1. The third kappa shape index (κ3) is 4.85.